The van der Waals surface area contributed by atoms with Crippen molar-refractivity contribution in [1.82, 2.24) is 20.5 Å². The van der Waals surface area contributed by atoms with Crippen LogP contribution in [0.5, 0.6) is 0 Å². The predicted octanol–water partition coefficient (Wildman–Crippen LogP) is -1.18. The average Bonchev–Trinajstić information content (AvgIpc) is 3.15. The highest BCUT2D eigenvalue weighted by Crippen LogP contribution is 2.20. The molecule has 0 saturated heterocycles. The molecule has 3 atom stereocenters. The molecule has 0 radical (unpaired) electrons. The Morgan fingerprint density at radius 3 is 2.51 bits per heavy atom. The lowest BCUT2D eigenvalue weighted by molar-refractivity contribution is 0.0308. The van der Waals surface area contributed by atoms with Crippen molar-refractivity contribution in [3.05, 3.63) is 36.0 Å². The van der Waals surface area contributed by atoms with Crippen LogP contribution in [0.25, 0.3) is 10.9 Å². The summed E-state index contributed by atoms with van der Waals surface area (Å²) in [6, 6.07) is 8.84. The van der Waals surface area contributed by atoms with Crippen LogP contribution in [0.3, 0.4) is 0 Å². The number of aliphatic hydroxyl groups is 2. The monoisotopic (exact) mass is 517 g/mol. The maximum Gasteiger partial charge on any atom is 0.266 e. The van der Waals surface area contributed by atoms with Gasteiger partial charge in [-0.3, -0.25) is 15.2 Å². The minimum absolute atomic E-state index is 0.223. The van der Waals surface area contributed by atoms with Crippen molar-refractivity contribution in [2.45, 2.75) is 38.0 Å². The van der Waals surface area contributed by atoms with E-state index in [4.69, 9.17) is 15.2 Å². The molecule has 2 aromatic rings. The van der Waals surface area contributed by atoms with E-state index in [0.29, 0.717) is 39.5 Å². The van der Waals surface area contributed by atoms with Crippen LogP contribution in [-0.2, 0) is 32.7 Å². The summed E-state index contributed by atoms with van der Waals surface area (Å²) in [4.78, 5) is 0. The summed E-state index contributed by atoms with van der Waals surface area (Å²) in [7, 11) is -2.55. The number of ether oxygens (including phenoxy) is 2. The molecule has 0 saturated carbocycles. The number of aliphatic hydroxyl groups excluding tert-OH is 2. The Kier molecular flexibility index (Phi) is 13.1. The van der Waals surface area contributed by atoms with E-state index in [1.807, 2.05) is 31.3 Å². The van der Waals surface area contributed by atoms with Gasteiger partial charge in [-0.1, -0.05) is 18.2 Å². The zero-order chi connectivity index (χ0) is 25.7. The molecule has 12 nitrogen and oxygen atoms in total. The summed E-state index contributed by atoms with van der Waals surface area (Å²) in [5.41, 5.74) is 7.39. The van der Waals surface area contributed by atoms with Crippen molar-refractivity contribution in [3.63, 3.8) is 0 Å². The molecule has 200 valence electrons. The van der Waals surface area contributed by atoms with Crippen LogP contribution in [-0.4, -0.2) is 98.6 Å². The third kappa shape index (κ3) is 10.9. The van der Waals surface area contributed by atoms with Crippen LogP contribution in [0, 0.1) is 0 Å². The van der Waals surface area contributed by atoms with Crippen LogP contribution < -0.4 is 21.7 Å². The number of aromatic nitrogens is 1. The van der Waals surface area contributed by atoms with Gasteiger partial charge in [0.15, 0.2) is 0 Å². The maximum absolute atomic E-state index is 11.5. The summed E-state index contributed by atoms with van der Waals surface area (Å²) in [5, 5.41) is 30.7. The Morgan fingerprint density at radius 1 is 1.11 bits per heavy atom. The second kappa shape index (κ2) is 15.5. The van der Waals surface area contributed by atoms with Crippen LogP contribution >= 0.6 is 0 Å². The van der Waals surface area contributed by atoms with E-state index < -0.39 is 34.4 Å². The van der Waals surface area contributed by atoms with E-state index in [1.54, 1.807) is 0 Å². The van der Waals surface area contributed by atoms with E-state index >= 15 is 0 Å². The predicted molar refractivity (Wildman–Crippen MR) is 133 cm³/mol. The van der Waals surface area contributed by atoms with E-state index in [-0.39, 0.29) is 19.6 Å². The first-order valence-corrected chi connectivity index (χ1v) is 13.2. The molecule has 0 fully saturated rings. The zero-order valence-corrected chi connectivity index (χ0v) is 20.9. The lowest BCUT2D eigenvalue weighted by Gasteiger charge is -2.27. The number of nitrogens with one attached hydrogen (secondary N) is 3. The average molecular weight is 518 g/mol. The second-order valence-corrected chi connectivity index (χ2v) is 9.61. The number of hydrogen-bond acceptors (Lipinski definition) is 10. The van der Waals surface area contributed by atoms with Gasteiger partial charge in [0.25, 0.3) is 10.1 Å². The molecule has 3 unspecified atom stereocenters. The van der Waals surface area contributed by atoms with Crippen LogP contribution in [0.1, 0.15) is 12.1 Å². The van der Waals surface area contributed by atoms with E-state index in [1.165, 1.54) is 0 Å². The third-order valence-corrected chi connectivity index (χ3v) is 6.07. The van der Waals surface area contributed by atoms with Gasteiger partial charge >= 0.3 is 0 Å². The van der Waals surface area contributed by atoms with Gasteiger partial charge in [0.05, 0.1) is 38.2 Å². The van der Waals surface area contributed by atoms with Gasteiger partial charge in [-0.25, -0.2) is 0 Å². The van der Waals surface area contributed by atoms with Crippen LogP contribution in [0.2, 0.25) is 0 Å². The zero-order valence-electron chi connectivity index (χ0n) is 20.1. The Morgan fingerprint density at radius 2 is 1.83 bits per heavy atom. The minimum Gasteiger partial charge on any atom is -0.379 e. The summed E-state index contributed by atoms with van der Waals surface area (Å²) in [6.07, 6.45) is -2.23. The summed E-state index contributed by atoms with van der Waals surface area (Å²) >= 11 is 0. The van der Waals surface area contributed by atoms with E-state index in [9.17, 15) is 23.2 Å². The molecule has 1 heterocycles. The Bertz CT molecular complexity index is 972. The van der Waals surface area contributed by atoms with Gasteiger partial charge in [-0.2, -0.15) is 8.42 Å². The first-order chi connectivity index (χ1) is 16.7. The number of rotatable bonds is 19. The number of aryl methyl sites for hydroxylation is 1. The third-order valence-electron chi connectivity index (χ3n) is 5.29. The number of benzene rings is 1. The van der Waals surface area contributed by atoms with Gasteiger partial charge in [0, 0.05) is 43.8 Å². The molecule has 0 amide bonds. The molecule has 1 aromatic heterocycles. The summed E-state index contributed by atoms with van der Waals surface area (Å²) in [6.45, 7) is 3.20. The van der Waals surface area contributed by atoms with Gasteiger partial charge in [0.1, 0.15) is 12.5 Å². The van der Waals surface area contributed by atoms with Crippen LogP contribution in [0.4, 0.5) is 0 Å². The number of fused-ring (bicyclic) bond motifs is 1. The molecular formula is C22H39N5O7S. The summed E-state index contributed by atoms with van der Waals surface area (Å²) < 4.78 is 44.9. The molecule has 0 spiro atoms. The Balaban J connectivity index is 1.89. The normalized spacial score (nSPS) is 14.9. The van der Waals surface area contributed by atoms with Crippen molar-refractivity contribution < 1.29 is 32.7 Å². The molecule has 0 aliphatic rings. The fraction of sp³-hybridized carbons (Fsp3) is 0.636. The maximum atomic E-state index is 11.5. The van der Waals surface area contributed by atoms with Crippen molar-refractivity contribution >= 4 is 21.0 Å². The molecule has 1 aromatic carbocycles. The summed E-state index contributed by atoms with van der Waals surface area (Å²) in [5.74, 6) is -0.774. The topological polar surface area (TPSA) is 180 Å². The first-order valence-electron chi connectivity index (χ1n) is 11.6. The molecule has 8 N–H and O–H groups in total. The van der Waals surface area contributed by atoms with E-state index in [0.717, 1.165) is 16.6 Å². The molecule has 13 heteroatoms. The van der Waals surface area contributed by atoms with Gasteiger partial charge in [0.2, 0.25) is 0 Å². The minimum atomic E-state index is -4.41. The molecule has 0 aliphatic carbocycles. The molecular weight excluding hydrogens is 478 g/mol. The Hall–Kier alpha value is -1.65. The quantitative estimate of drug-likeness (QED) is 0.0677. The standard InChI is InChI=1S/C22H39N5O7S/c1-24-15-18-14-17-4-2-3-5-20(17)27(18)9-6-21(28)26-19(16-35(30,31)32)22(29)25-8-11-34-13-12-33-10-7-23/h2-5,14,19,21-22,24-26,28-29H,6-13,15-16,23H2,1H3,(H,30,31,32). The highest BCUT2D eigenvalue weighted by atomic mass is 32.2. The van der Waals surface area contributed by atoms with Gasteiger partial charge in [-0.15, -0.1) is 0 Å². The van der Waals surface area contributed by atoms with Gasteiger partial charge < -0.3 is 35.3 Å². The van der Waals surface area contributed by atoms with Crippen molar-refractivity contribution in [2.24, 2.45) is 5.73 Å². The number of para-hydroxylation sites is 1. The lowest BCUT2D eigenvalue weighted by Crippen LogP contribution is -2.55. The van der Waals surface area contributed by atoms with Crippen molar-refractivity contribution in [3.8, 4) is 0 Å². The molecule has 0 bridgehead atoms. The highest BCUT2D eigenvalue weighted by Gasteiger charge is 2.26. The van der Waals surface area contributed by atoms with E-state index in [2.05, 4.69) is 26.6 Å². The second-order valence-electron chi connectivity index (χ2n) is 8.12. The molecule has 2 rings (SSSR count). The van der Waals surface area contributed by atoms with Gasteiger partial charge in [-0.05, 0) is 24.6 Å². The Labute approximate surface area is 206 Å². The fourth-order valence-corrected chi connectivity index (χ4v) is 4.46. The fourth-order valence-electron chi connectivity index (χ4n) is 3.72. The highest BCUT2D eigenvalue weighted by molar-refractivity contribution is 7.85. The van der Waals surface area contributed by atoms with Crippen molar-refractivity contribution in [1.29, 1.82) is 0 Å². The molecule has 0 aliphatic heterocycles. The largest absolute Gasteiger partial charge is 0.379 e. The number of nitrogens with two attached hydrogens (primary N) is 1. The first kappa shape index (κ1) is 29.6. The lowest BCUT2D eigenvalue weighted by atomic mass is 10.2. The number of hydrogen-bond donors (Lipinski definition) is 7. The molecule has 35 heavy (non-hydrogen) atoms. The van der Waals surface area contributed by atoms with Crippen molar-refractivity contribution in [2.75, 3.05) is 52.3 Å². The number of nitrogens with zero attached hydrogens (tertiary/aromatic N) is 1. The SMILES string of the molecule is CNCc1cc2ccccc2n1CCC(O)NC(CS(=O)(=O)O)C(O)NCCOCCOCCN. The van der Waals surface area contributed by atoms with Crippen LogP contribution in [0.15, 0.2) is 30.3 Å². The smallest absolute Gasteiger partial charge is 0.266 e.